The quantitative estimate of drug-likeness (QED) is 0.641. The minimum absolute atomic E-state index is 0.00141. The van der Waals surface area contributed by atoms with Gasteiger partial charge in [0.2, 0.25) is 11.8 Å². The van der Waals surface area contributed by atoms with Gasteiger partial charge in [0.15, 0.2) is 5.75 Å². The highest BCUT2D eigenvalue weighted by atomic mass is 19.1. The van der Waals surface area contributed by atoms with Crippen molar-refractivity contribution in [3.8, 4) is 5.75 Å². The van der Waals surface area contributed by atoms with E-state index in [-0.39, 0.29) is 5.39 Å². The number of carbonyl (C=O) groups is 2. The van der Waals surface area contributed by atoms with Crippen molar-refractivity contribution in [1.82, 2.24) is 9.88 Å². The number of halogens is 1. The molecule has 3 rings (SSSR count). The highest BCUT2D eigenvalue weighted by molar-refractivity contribution is 5.84. The minimum Gasteiger partial charge on any atom is -0.449 e. The first-order chi connectivity index (χ1) is 11.5. The second-order valence-corrected chi connectivity index (χ2v) is 5.33. The molecule has 0 atom stereocenters. The van der Waals surface area contributed by atoms with Crippen LogP contribution in [-0.4, -0.2) is 53.7 Å². The molecule has 2 heterocycles. The molecule has 0 unspecified atom stereocenters. The van der Waals surface area contributed by atoms with Crippen LogP contribution in [0.4, 0.5) is 14.9 Å². The van der Waals surface area contributed by atoms with E-state index < -0.39 is 23.2 Å². The number of hydrogen-bond donors (Lipinski definition) is 2. The summed E-state index contributed by atoms with van der Waals surface area (Å²) in [5.74, 6) is -1.01. The van der Waals surface area contributed by atoms with Crippen LogP contribution < -0.4 is 15.1 Å². The summed E-state index contributed by atoms with van der Waals surface area (Å²) in [6.07, 6.45) is 0.269. The van der Waals surface area contributed by atoms with Crippen molar-refractivity contribution in [2.24, 2.45) is 0 Å². The van der Waals surface area contributed by atoms with Gasteiger partial charge in [-0.05, 0) is 12.1 Å². The molecule has 0 aliphatic carbocycles. The molecule has 1 aliphatic heterocycles. The molecule has 1 fully saturated rings. The minimum atomic E-state index is -1.62. The fourth-order valence-corrected chi connectivity index (χ4v) is 2.69. The van der Waals surface area contributed by atoms with E-state index in [1.54, 1.807) is 9.80 Å². The van der Waals surface area contributed by atoms with E-state index >= 15 is 0 Å². The first kappa shape index (κ1) is 15.8. The molecule has 126 valence electrons. The summed E-state index contributed by atoms with van der Waals surface area (Å²) < 4.78 is 18.8. The van der Waals surface area contributed by atoms with Gasteiger partial charge in [-0.3, -0.25) is 9.59 Å². The van der Waals surface area contributed by atoms with E-state index in [0.717, 1.165) is 18.7 Å². The number of anilines is 1. The molecule has 0 spiro atoms. The van der Waals surface area contributed by atoms with Gasteiger partial charge in [-0.1, -0.05) is 0 Å². The molecule has 1 aromatic carbocycles. The number of carboxylic acid groups (broad SMARTS) is 1. The number of carbonyl (C=O) groups excluding carboxylic acids is 1. The predicted octanol–water partition coefficient (Wildman–Crippen LogP) is 1.00. The van der Waals surface area contributed by atoms with Gasteiger partial charge in [0.05, 0.1) is 16.6 Å². The number of benzene rings is 1. The number of piperazine rings is 1. The van der Waals surface area contributed by atoms with Gasteiger partial charge in [0, 0.05) is 32.4 Å². The van der Waals surface area contributed by atoms with E-state index in [1.165, 1.54) is 6.07 Å². The fraction of sp³-hybridized carbons (Fsp3) is 0.267. The number of aromatic amines is 1. The third kappa shape index (κ3) is 2.87. The topological polar surface area (TPSA) is 103 Å². The number of pyridine rings is 1. The van der Waals surface area contributed by atoms with Crippen LogP contribution in [0.2, 0.25) is 0 Å². The molecule has 1 aromatic heterocycles. The SMILES string of the molecule is O=CN1CCN(c2cc3[nH]cc(OC(=O)O)c(=O)c3cc2F)CC1. The van der Waals surface area contributed by atoms with Crippen LogP contribution in [0.25, 0.3) is 10.9 Å². The first-order valence-electron chi connectivity index (χ1n) is 7.19. The van der Waals surface area contributed by atoms with E-state index in [9.17, 15) is 18.8 Å². The Bertz CT molecular complexity index is 858. The molecule has 0 radical (unpaired) electrons. The van der Waals surface area contributed by atoms with Crippen LogP contribution in [0.3, 0.4) is 0 Å². The average molecular weight is 335 g/mol. The van der Waals surface area contributed by atoms with Crippen molar-refractivity contribution in [2.75, 3.05) is 31.1 Å². The number of nitrogens with zero attached hydrogens (tertiary/aromatic N) is 2. The predicted molar refractivity (Wildman–Crippen MR) is 83.0 cm³/mol. The maximum atomic E-state index is 14.4. The van der Waals surface area contributed by atoms with E-state index in [2.05, 4.69) is 9.72 Å². The molecule has 1 saturated heterocycles. The third-order valence-corrected chi connectivity index (χ3v) is 3.92. The standard InChI is InChI=1S/C15H14FN3O5/c16-10-5-9-11(17-7-13(14(9)21)24-15(22)23)6-12(10)19-3-1-18(8-20)2-4-19/h5-8H,1-4H2,(H,17,21)(H,22,23). The summed E-state index contributed by atoms with van der Waals surface area (Å²) in [4.78, 5) is 39.6. The third-order valence-electron chi connectivity index (χ3n) is 3.92. The van der Waals surface area contributed by atoms with Gasteiger partial charge < -0.3 is 24.6 Å². The highest BCUT2D eigenvalue weighted by Gasteiger charge is 2.20. The zero-order valence-electron chi connectivity index (χ0n) is 12.5. The Morgan fingerprint density at radius 2 is 2.00 bits per heavy atom. The van der Waals surface area contributed by atoms with Crippen LogP contribution >= 0.6 is 0 Å². The molecule has 1 aliphatic rings. The van der Waals surface area contributed by atoms with E-state index in [0.29, 0.717) is 37.4 Å². The summed E-state index contributed by atoms with van der Waals surface area (Å²) in [7, 11) is 0. The van der Waals surface area contributed by atoms with Crippen LogP contribution in [0.15, 0.2) is 23.1 Å². The summed E-state index contributed by atoms with van der Waals surface area (Å²) in [6, 6.07) is 2.55. The number of rotatable bonds is 3. The monoisotopic (exact) mass is 335 g/mol. The molecule has 0 saturated carbocycles. The van der Waals surface area contributed by atoms with Crippen molar-refractivity contribution >= 4 is 29.2 Å². The van der Waals surface area contributed by atoms with Crippen molar-refractivity contribution in [3.63, 3.8) is 0 Å². The number of aromatic nitrogens is 1. The number of nitrogens with one attached hydrogen (secondary N) is 1. The summed E-state index contributed by atoms with van der Waals surface area (Å²) in [5.41, 5.74) is -0.0232. The second-order valence-electron chi connectivity index (χ2n) is 5.33. The number of hydrogen-bond acceptors (Lipinski definition) is 5. The molecule has 0 bridgehead atoms. The number of ether oxygens (including phenoxy) is 1. The van der Waals surface area contributed by atoms with Crippen molar-refractivity contribution in [2.45, 2.75) is 0 Å². The van der Waals surface area contributed by atoms with E-state index in [1.807, 2.05) is 0 Å². The lowest BCUT2D eigenvalue weighted by atomic mass is 10.1. The molecule has 24 heavy (non-hydrogen) atoms. The lowest BCUT2D eigenvalue weighted by Gasteiger charge is -2.34. The maximum absolute atomic E-state index is 14.4. The normalized spacial score (nSPS) is 14.7. The molecule has 2 aromatic rings. The van der Waals surface area contributed by atoms with Gasteiger partial charge in [0.25, 0.3) is 0 Å². The molecule has 2 N–H and O–H groups in total. The van der Waals surface area contributed by atoms with Gasteiger partial charge in [-0.25, -0.2) is 9.18 Å². The summed E-state index contributed by atoms with van der Waals surface area (Å²) in [5, 5.41) is 8.59. The highest BCUT2D eigenvalue weighted by Crippen LogP contribution is 2.25. The smallest absolute Gasteiger partial charge is 0.449 e. The van der Waals surface area contributed by atoms with Crippen LogP contribution in [-0.2, 0) is 4.79 Å². The Morgan fingerprint density at radius 1 is 1.29 bits per heavy atom. The van der Waals surface area contributed by atoms with Gasteiger partial charge in [-0.15, -0.1) is 0 Å². The Labute approximate surface area is 135 Å². The van der Waals surface area contributed by atoms with Crippen LogP contribution in [0, 0.1) is 5.82 Å². The van der Waals surface area contributed by atoms with Gasteiger partial charge in [-0.2, -0.15) is 0 Å². The lowest BCUT2D eigenvalue weighted by molar-refractivity contribution is -0.118. The Kier molecular flexibility index (Phi) is 4.07. The Morgan fingerprint density at radius 3 is 2.62 bits per heavy atom. The first-order valence-corrected chi connectivity index (χ1v) is 7.19. The largest absolute Gasteiger partial charge is 0.511 e. The maximum Gasteiger partial charge on any atom is 0.511 e. The van der Waals surface area contributed by atoms with Gasteiger partial charge >= 0.3 is 6.16 Å². The molecular weight excluding hydrogens is 321 g/mol. The fourth-order valence-electron chi connectivity index (χ4n) is 2.69. The molecule has 9 heteroatoms. The second kappa shape index (κ2) is 6.19. The summed E-state index contributed by atoms with van der Waals surface area (Å²) >= 11 is 0. The number of fused-ring (bicyclic) bond motifs is 1. The van der Waals surface area contributed by atoms with Crippen LogP contribution in [0.5, 0.6) is 5.75 Å². The zero-order chi connectivity index (χ0) is 17.3. The van der Waals surface area contributed by atoms with Crippen molar-refractivity contribution in [3.05, 3.63) is 34.4 Å². The number of amides is 1. The van der Waals surface area contributed by atoms with Crippen molar-refractivity contribution in [1.29, 1.82) is 0 Å². The zero-order valence-corrected chi connectivity index (χ0v) is 12.5. The van der Waals surface area contributed by atoms with Gasteiger partial charge in [0.1, 0.15) is 5.82 Å². The lowest BCUT2D eigenvalue weighted by Crippen LogP contribution is -2.46. The molecule has 1 amide bonds. The Balaban J connectivity index is 1.98. The van der Waals surface area contributed by atoms with Crippen LogP contribution in [0.1, 0.15) is 0 Å². The molecule has 8 nitrogen and oxygen atoms in total. The van der Waals surface area contributed by atoms with Crippen molar-refractivity contribution < 1.29 is 23.8 Å². The average Bonchev–Trinajstić information content (AvgIpc) is 2.57. The Hall–Kier alpha value is -3.10. The van der Waals surface area contributed by atoms with E-state index in [4.69, 9.17) is 5.11 Å². The molecular formula is C15H14FN3O5. The number of H-pyrrole nitrogens is 1. The summed E-state index contributed by atoms with van der Waals surface area (Å²) in [6.45, 7) is 1.93.